The maximum absolute atomic E-state index is 12.1. The van der Waals surface area contributed by atoms with Crippen molar-refractivity contribution in [3.63, 3.8) is 0 Å². The molecule has 0 radical (unpaired) electrons. The summed E-state index contributed by atoms with van der Waals surface area (Å²) in [4.78, 5) is 36.0. The number of carbonyl (C=O) groups is 3. The number of amides is 2. The van der Waals surface area contributed by atoms with Gasteiger partial charge in [-0.2, -0.15) is 0 Å². The van der Waals surface area contributed by atoms with Crippen molar-refractivity contribution in [1.82, 2.24) is 4.90 Å². The van der Waals surface area contributed by atoms with E-state index in [2.05, 4.69) is 0 Å². The highest BCUT2D eigenvalue weighted by Crippen LogP contribution is 2.48. The van der Waals surface area contributed by atoms with Crippen molar-refractivity contribution >= 4 is 17.8 Å². The topological polar surface area (TPSA) is 83.9 Å². The minimum Gasteiger partial charge on any atom is -0.481 e. The zero-order valence-electron chi connectivity index (χ0n) is 9.87. The Morgan fingerprint density at radius 3 is 2.28 bits per heavy atom. The molecule has 3 fully saturated rings. The minimum atomic E-state index is -0.905. The standard InChI is InChI=1S/C12H15NO5/c14-8(15)2-1-5-13-11(16)9-6-3-4-7(18-6)10(9)12(13)17/h6-7,9-10H,1-5H2,(H,14,15)/t6-,7+,9-,10+. The lowest BCUT2D eigenvalue weighted by Crippen LogP contribution is -2.35. The Morgan fingerprint density at radius 2 is 1.78 bits per heavy atom. The van der Waals surface area contributed by atoms with Crippen LogP contribution < -0.4 is 0 Å². The first-order chi connectivity index (χ1) is 8.59. The number of aliphatic carboxylic acids is 1. The van der Waals surface area contributed by atoms with Crippen LogP contribution in [0.2, 0.25) is 0 Å². The lowest BCUT2D eigenvalue weighted by molar-refractivity contribution is -0.144. The molecule has 0 spiro atoms. The third kappa shape index (κ3) is 1.55. The first-order valence-electron chi connectivity index (χ1n) is 6.32. The smallest absolute Gasteiger partial charge is 0.303 e. The Hall–Kier alpha value is -1.43. The molecule has 3 heterocycles. The minimum absolute atomic E-state index is 0.0181. The van der Waals surface area contributed by atoms with E-state index in [-0.39, 0.29) is 48.8 Å². The van der Waals surface area contributed by atoms with Crippen molar-refractivity contribution in [2.24, 2.45) is 11.8 Å². The van der Waals surface area contributed by atoms with E-state index in [0.717, 1.165) is 12.8 Å². The molecule has 0 aromatic rings. The van der Waals surface area contributed by atoms with Crippen LogP contribution in [-0.4, -0.2) is 46.5 Å². The molecule has 1 N–H and O–H groups in total. The lowest BCUT2D eigenvalue weighted by atomic mass is 9.81. The number of fused-ring (bicyclic) bond motifs is 5. The predicted octanol–water partition coefficient (Wildman–Crippen LogP) is 0.0136. The first kappa shape index (κ1) is 11.6. The largest absolute Gasteiger partial charge is 0.481 e. The van der Waals surface area contributed by atoms with Crippen molar-refractivity contribution in [2.45, 2.75) is 37.9 Å². The summed E-state index contributed by atoms with van der Waals surface area (Å²) in [7, 11) is 0. The fraction of sp³-hybridized carbons (Fsp3) is 0.750. The van der Waals surface area contributed by atoms with Crippen molar-refractivity contribution in [2.75, 3.05) is 6.54 Å². The van der Waals surface area contributed by atoms with Gasteiger partial charge in [-0.1, -0.05) is 0 Å². The monoisotopic (exact) mass is 253 g/mol. The van der Waals surface area contributed by atoms with E-state index < -0.39 is 5.97 Å². The SMILES string of the molecule is O=C(O)CCCN1C(=O)[C@@H]2[C@H](C1=O)[C@H]1CC[C@@H]2O1. The fourth-order valence-electron chi connectivity index (χ4n) is 3.38. The second-order valence-corrected chi connectivity index (χ2v) is 5.17. The Morgan fingerprint density at radius 1 is 1.22 bits per heavy atom. The lowest BCUT2D eigenvalue weighted by Gasteiger charge is -2.16. The molecule has 3 aliphatic heterocycles. The number of hydrogen-bond donors (Lipinski definition) is 1. The second-order valence-electron chi connectivity index (χ2n) is 5.17. The Balaban J connectivity index is 1.69. The van der Waals surface area contributed by atoms with E-state index in [4.69, 9.17) is 9.84 Å². The van der Waals surface area contributed by atoms with Gasteiger partial charge in [-0.25, -0.2) is 0 Å². The van der Waals surface area contributed by atoms with Gasteiger partial charge in [0.15, 0.2) is 0 Å². The van der Waals surface area contributed by atoms with Crippen LogP contribution in [0.3, 0.4) is 0 Å². The summed E-state index contributed by atoms with van der Waals surface area (Å²) in [5.41, 5.74) is 0. The molecule has 0 aromatic heterocycles. The van der Waals surface area contributed by atoms with Gasteiger partial charge in [-0.3, -0.25) is 19.3 Å². The summed E-state index contributed by atoms with van der Waals surface area (Å²) in [5.74, 6) is -1.84. The van der Waals surface area contributed by atoms with Gasteiger partial charge in [-0.15, -0.1) is 0 Å². The normalized spacial score (nSPS) is 37.4. The number of carboxylic acids is 1. The fourth-order valence-corrected chi connectivity index (χ4v) is 3.38. The summed E-state index contributed by atoms with van der Waals surface area (Å²) in [6.45, 7) is 0.219. The highest BCUT2D eigenvalue weighted by atomic mass is 16.5. The molecule has 4 atom stereocenters. The van der Waals surface area contributed by atoms with Gasteiger partial charge in [0.1, 0.15) is 0 Å². The predicted molar refractivity (Wildman–Crippen MR) is 58.5 cm³/mol. The van der Waals surface area contributed by atoms with Crippen molar-refractivity contribution in [1.29, 1.82) is 0 Å². The van der Waals surface area contributed by atoms with Crippen LogP contribution in [0.4, 0.5) is 0 Å². The van der Waals surface area contributed by atoms with E-state index in [1.165, 1.54) is 4.90 Å². The van der Waals surface area contributed by atoms with Crippen LogP contribution in [0, 0.1) is 11.8 Å². The summed E-state index contributed by atoms with van der Waals surface area (Å²) in [5, 5.41) is 8.57. The third-order valence-corrected chi connectivity index (χ3v) is 4.15. The van der Waals surface area contributed by atoms with Gasteiger partial charge in [-0.05, 0) is 19.3 Å². The molecule has 2 bridgehead atoms. The second kappa shape index (κ2) is 4.05. The number of imide groups is 1. The number of likely N-dealkylation sites (tertiary alicyclic amines) is 1. The quantitative estimate of drug-likeness (QED) is 0.714. The molecule has 98 valence electrons. The summed E-state index contributed by atoms with van der Waals surface area (Å²) in [6, 6.07) is 0. The van der Waals surface area contributed by atoms with Crippen LogP contribution in [0.1, 0.15) is 25.7 Å². The molecule has 6 nitrogen and oxygen atoms in total. The highest BCUT2D eigenvalue weighted by molar-refractivity contribution is 6.06. The molecular weight excluding hydrogens is 238 g/mol. The zero-order valence-corrected chi connectivity index (χ0v) is 9.87. The molecule has 3 saturated heterocycles. The molecule has 18 heavy (non-hydrogen) atoms. The molecule has 3 rings (SSSR count). The van der Waals surface area contributed by atoms with E-state index in [1.54, 1.807) is 0 Å². The van der Waals surface area contributed by atoms with Gasteiger partial charge in [0, 0.05) is 13.0 Å². The van der Waals surface area contributed by atoms with Gasteiger partial charge in [0.05, 0.1) is 24.0 Å². The average Bonchev–Trinajstić information content (AvgIpc) is 2.97. The van der Waals surface area contributed by atoms with E-state index in [1.807, 2.05) is 0 Å². The molecule has 2 amide bonds. The molecular formula is C12H15NO5. The van der Waals surface area contributed by atoms with Crippen LogP contribution >= 0.6 is 0 Å². The number of carboxylic acid groups (broad SMARTS) is 1. The number of rotatable bonds is 4. The highest BCUT2D eigenvalue weighted by Gasteiger charge is 2.62. The Kier molecular flexibility index (Phi) is 2.62. The molecule has 0 aliphatic carbocycles. The van der Waals surface area contributed by atoms with E-state index >= 15 is 0 Å². The van der Waals surface area contributed by atoms with Crippen molar-refractivity contribution < 1.29 is 24.2 Å². The van der Waals surface area contributed by atoms with Gasteiger partial charge < -0.3 is 9.84 Å². The summed E-state index contributed by atoms with van der Waals surface area (Å²) < 4.78 is 5.61. The first-order valence-corrected chi connectivity index (χ1v) is 6.32. The van der Waals surface area contributed by atoms with E-state index in [0.29, 0.717) is 6.42 Å². The van der Waals surface area contributed by atoms with Crippen LogP contribution in [-0.2, 0) is 19.1 Å². The number of nitrogens with zero attached hydrogens (tertiary/aromatic N) is 1. The van der Waals surface area contributed by atoms with Crippen LogP contribution in [0.5, 0.6) is 0 Å². The molecule has 0 unspecified atom stereocenters. The summed E-state index contributed by atoms with van der Waals surface area (Å²) >= 11 is 0. The molecule has 0 saturated carbocycles. The van der Waals surface area contributed by atoms with Gasteiger partial charge in [0.2, 0.25) is 11.8 Å². The van der Waals surface area contributed by atoms with E-state index in [9.17, 15) is 14.4 Å². The maximum Gasteiger partial charge on any atom is 0.303 e. The van der Waals surface area contributed by atoms with Gasteiger partial charge in [0.25, 0.3) is 0 Å². The summed E-state index contributed by atoms with van der Waals surface area (Å²) in [6.07, 6.45) is 1.82. The maximum atomic E-state index is 12.1. The molecule has 0 aromatic carbocycles. The van der Waals surface area contributed by atoms with Crippen molar-refractivity contribution in [3.05, 3.63) is 0 Å². The number of hydrogen-bond acceptors (Lipinski definition) is 4. The third-order valence-electron chi connectivity index (χ3n) is 4.15. The van der Waals surface area contributed by atoms with Crippen LogP contribution in [0.15, 0.2) is 0 Å². The molecule has 3 aliphatic rings. The Labute approximate surface area is 104 Å². The van der Waals surface area contributed by atoms with Gasteiger partial charge >= 0.3 is 5.97 Å². The number of ether oxygens (including phenoxy) is 1. The molecule has 6 heteroatoms. The van der Waals surface area contributed by atoms with Crippen LogP contribution in [0.25, 0.3) is 0 Å². The van der Waals surface area contributed by atoms with Crippen molar-refractivity contribution in [3.8, 4) is 0 Å². The number of carbonyl (C=O) groups excluding carboxylic acids is 2. The Bertz CT molecular complexity index is 393. The average molecular weight is 253 g/mol. The zero-order chi connectivity index (χ0) is 12.9.